The molecule has 1 amide bonds. The predicted octanol–water partition coefficient (Wildman–Crippen LogP) is 1.84. The van der Waals surface area contributed by atoms with Crippen LogP contribution in [0, 0.1) is 0 Å². The van der Waals surface area contributed by atoms with Crippen molar-refractivity contribution in [2.24, 2.45) is 0 Å². The van der Waals surface area contributed by atoms with E-state index in [0.29, 0.717) is 13.1 Å². The summed E-state index contributed by atoms with van der Waals surface area (Å²) in [6.07, 6.45) is 0.801. The number of likely N-dealkylation sites (tertiary alicyclic amines) is 1. The van der Waals surface area contributed by atoms with Crippen LogP contribution in [0.2, 0.25) is 0 Å². The predicted molar refractivity (Wildman–Crippen MR) is 68.7 cm³/mol. The second-order valence-electron chi connectivity index (χ2n) is 5.47. The summed E-state index contributed by atoms with van der Waals surface area (Å²) in [6.45, 7) is 6.30. The smallest absolute Gasteiger partial charge is 0.410 e. The number of aliphatic hydroxyl groups is 1. The number of nitrogens with zero attached hydrogens (tertiary/aromatic N) is 2. The SMILES string of the molecule is CC(C)(C)OC(=O)N1CC(O)C(c2ccns2)C1. The molecule has 0 spiro atoms. The van der Waals surface area contributed by atoms with Gasteiger partial charge in [0.05, 0.1) is 12.6 Å². The van der Waals surface area contributed by atoms with Crippen molar-refractivity contribution in [3.63, 3.8) is 0 Å². The van der Waals surface area contributed by atoms with E-state index >= 15 is 0 Å². The van der Waals surface area contributed by atoms with Crippen molar-refractivity contribution in [3.8, 4) is 0 Å². The molecule has 1 aliphatic rings. The van der Waals surface area contributed by atoms with E-state index in [9.17, 15) is 9.90 Å². The molecule has 1 aliphatic heterocycles. The van der Waals surface area contributed by atoms with Crippen molar-refractivity contribution in [1.29, 1.82) is 0 Å². The zero-order valence-electron chi connectivity index (χ0n) is 10.8. The third-order valence-electron chi connectivity index (χ3n) is 2.76. The van der Waals surface area contributed by atoms with Gasteiger partial charge in [-0.2, -0.15) is 0 Å². The molecule has 2 unspecified atom stereocenters. The second-order valence-corrected chi connectivity index (χ2v) is 6.34. The van der Waals surface area contributed by atoms with E-state index in [1.54, 1.807) is 11.1 Å². The highest BCUT2D eigenvalue weighted by Crippen LogP contribution is 2.30. The van der Waals surface area contributed by atoms with Crippen LogP contribution in [0.5, 0.6) is 0 Å². The van der Waals surface area contributed by atoms with Crippen LogP contribution in [0.3, 0.4) is 0 Å². The zero-order chi connectivity index (χ0) is 13.3. The summed E-state index contributed by atoms with van der Waals surface area (Å²) < 4.78 is 9.33. The molecule has 6 heteroatoms. The Bertz CT molecular complexity index is 413. The van der Waals surface area contributed by atoms with E-state index in [2.05, 4.69) is 4.37 Å². The third kappa shape index (κ3) is 3.00. The fourth-order valence-corrected chi connectivity index (χ4v) is 2.69. The summed E-state index contributed by atoms with van der Waals surface area (Å²) in [5.41, 5.74) is -0.509. The molecule has 1 saturated heterocycles. The number of amides is 1. The van der Waals surface area contributed by atoms with Crippen LogP contribution in [0.4, 0.5) is 4.79 Å². The van der Waals surface area contributed by atoms with Gasteiger partial charge in [0.1, 0.15) is 5.60 Å². The first-order valence-electron chi connectivity index (χ1n) is 5.93. The number of aliphatic hydroxyl groups excluding tert-OH is 1. The maximum Gasteiger partial charge on any atom is 0.410 e. The number of rotatable bonds is 1. The second kappa shape index (κ2) is 4.85. The Morgan fingerprint density at radius 3 is 2.83 bits per heavy atom. The molecule has 0 aliphatic carbocycles. The van der Waals surface area contributed by atoms with Gasteiger partial charge in [0.25, 0.3) is 0 Å². The average molecular weight is 270 g/mol. The molecule has 0 bridgehead atoms. The maximum atomic E-state index is 11.9. The van der Waals surface area contributed by atoms with E-state index in [0.717, 1.165) is 4.88 Å². The van der Waals surface area contributed by atoms with Crippen LogP contribution in [-0.2, 0) is 4.74 Å². The van der Waals surface area contributed by atoms with Crippen molar-refractivity contribution in [3.05, 3.63) is 17.1 Å². The Hall–Kier alpha value is -1.14. The number of carbonyl (C=O) groups is 1. The topological polar surface area (TPSA) is 62.7 Å². The average Bonchev–Trinajstić information content (AvgIpc) is 2.82. The van der Waals surface area contributed by atoms with Gasteiger partial charge in [-0.25, -0.2) is 9.17 Å². The molecule has 1 aromatic rings. The zero-order valence-corrected chi connectivity index (χ0v) is 11.6. The van der Waals surface area contributed by atoms with Crippen LogP contribution in [0.1, 0.15) is 31.6 Å². The Labute approximate surface area is 111 Å². The molecular formula is C12H18N2O3S. The van der Waals surface area contributed by atoms with Crippen LogP contribution >= 0.6 is 11.5 Å². The Morgan fingerprint density at radius 2 is 2.28 bits per heavy atom. The first-order valence-corrected chi connectivity index (χ1v) is 6.71. The van der Waals surface area contributed by atoms with Crippen LogP contribution < -0.4 is 0 Å². The van der Waals surface area contributed by atoms with Gasteiger partial charge in [-0.05, 0) is 38.4 Å². The lowest BCUT2D eigenvalue weighted by molar-refractivity contribution is 0.0270. The van der Waals surface area contributed by atoms with Crippen molar-refractivity contribution in [2.45, 2.75) is 38.4 Å². The summed E-state index contributed by atoms with van der Waals surface area (Å²) in [7, 11) is 0. The minimum absolute atomic E-state index is 0.0509. The Morgan fingerprint density at radius 1 is 1.56 bits per heavy atom. The van der Waals surface area contributed by atoms with Gasteiger partial charge in [0.15, 0.2) is 0 Å². The van der Waals surface area contributed by atoms with Crippen molar-refractivity contribution >= 4 is 17.6 Å². The van der Waals surface area contributed by atoms with Crippen molar-refractivity contribution < 1.29 is 14.6 Å². The monoisotopic (exact) mass is 270 g/mol. The van der Waals surface area contributed by atoms with Gasteiger partial charge in [-0.1, -0.05) is 0 Å². The molecule has 1 N–H and O–H groups in total. The summed E-state index contributed by atoms with van der Waals surface area (Å²) in [5.74, 6) is -0.0509. The van der Waals surface area contributed by atoms with E-state index in [4.69, 9.17) is 4.74 Å². The van der Waals surface area contributed by atoms with Crippen molar-refractivity contribution in [1.82, 2.24) is 9.27 Å². The minimum atomic E-state index is -0.544. The Balaban J connectivity index is 2.00. The molecular weight excluding hydrogens is 252 g/mol. The van der Waals surface area contributed by atoms with Crippen LogP contribution in [0.25, 0.3) is 0 Å². The standard InChI is InChI=1S/C12H18N2O3S/c1-12(2,3)17-11(16)14-6-8(9(15)7-14)10-4-5-13-18-10/h4-5,8-9,15H,6-7H2,1-3H3. The quantitative estimate of drug-likeness (QED) is 0.845. The first-order chi connectivity index (χ1) is 8.37. The molecule has 1 fully saturated rings. The number of ether oxygens (including phenoxy) is 1. The summed E-state index contributed by atoms with van der Waals surface area (Å²) in [4.78, 5) is 14.5. The number of hydrogen-bond acceptors (Lipinski definition) is 5. The number of β-amino-alcohol motifs (C(OH)–C–C–N with tert-alkyl or cyclic N) is 1. The molecule has 0 saturated carbocycles. The van der Waals surface area contributed by atoms with E-state index in [1.807, 2.05) is 26.8 Å². The fourth-order valence-electron chi connectivity index (χ4n) is 1.96. The van der Waals surface area contributed by atoms with Gasteiger partial charge < -0.3 is 14.7 Å². The number of carbonyl (C=O) groups excluding carboxylic acids is 1. The highest BCUT2D eigenvalue weighted by Gasteiger charge is 2.37. The lowest BCUT2D eigenvalue weighted by atomic mass is 10.1. The molecule has 18 heavy (non-hydrogen) atoms. The van der Waals surface area contributed by atoms with Gasteiger partial charge in [0, 0.05) is 23.5 Å². The normalized spacial score (nSPS) is 24.3. The largest absolute Gasteiger partial charge is 0.444 e. The molecule has 2 heterocycles. The van der Waals surface area contributed by atoms with Crippen molar-refractivity contribution in [2.75, 3.05) is 13.1 Å². The fraction of sp³-hybridized carbons (Fsp3) is 0.667. The van der Waals surface area contributed by atoms with E-state index in [-0.39, 0.29) is 12.0 Å². The highest BCUT2D eigenvalue weighted by atomic mass is 32.1. The van der Waals surface area contributed by atoms with Gasteiger partial charge in [0.2, 0.25) is 0 Å². The summed E-state index contributed by atoms with van der Waals surface area (Å²) in [5, 5.41) is 10.0. The lowest BCUT2D eigenvalue weighted by Gasteiger charge is -2.24. The molecule has 2 rings (SSSR count). The van der Waals surface area contributed by atoms with Gasteiger partial charge in [-0.15, -0.1) is 0 Å². The first kappa shape index (κ1) is 13.3. The Kier molecular flexibility index (Phi) is 3.59. The minimum Gasteiger partial charge on any atom is -0.444 e. The molecule has 100 valence electrons. The summed E-state index contributed by atoms with van der Waals surface area (Å²) >= 11 is 1.36. The molecule has 0 radical (unpaired) electrons. The molecule has 0 aromatic carbocycles. The molecule has 1 aromatic heterocycles. The van der Waals surface area contributed by atoms with E-state index < -0.39 is 11.7 Å². The maximum absolute atomic E-state index is 11.9. The molecule has 5 nitrogen and oxygen atoms in total. The van der Waals surface area contributed by atoms with E-state index in [1.165, 1.54) is 11.5 Å². The van der Waals surface area contributed by atoms with Crippen LogP contribution in [-0.4, -0.2) is 45.3 Å². The van der Waals surface area contributed by atoms with Crippen LogP contribution in [0.15, 0.2) is 12.3 Å². The summed E-state index contributed by atoms with van der Waals surface area (Å²) in [6, 6.07) is 1.89. The molecule has 2 atom stereocenters. The number of hydrogen-bond donors (Lipinski definition) is 1. The third-order valence-corrected chi connectivity index (χ3v) is 3.64. The van der Waals surface area contributed by atoms with Gasteiger partial charge in [-0.3, -0.25) is 0 Å². The number of aromatic nitrogens is 1. The highest BCUT2D eigenvalue weighted by molar-refractivity contribution is 7.05. The lowest BCUT2D eigenvalue weighted by Crippen LogP contribution is -2.35. The van der Waals surface area contributed by atoms with Gasteiger partial charge >= 0.3 is 6.09 Å².